The Labute approximate surface area is 196 Å². The Balaban J connectivity index is 1.48. The molecule has 0 radical (unpaired) electrons. The molecule has 2 unspecified atom stereocenters. The van der Waals surface area contributed by atoms with Gasteiger partial charge in [-0.25, -0.2) is 9.18 Å². The Hall–Kier alpha value is -3.20. The third-order valence-corrected chi connectivity index (χ3v) is 6.41. The highest BCUT2D eigenvalue weighted by molar-refractivity contribution is 6.30. The van der Waals surface area contributed by atoms with Crippen molar-refractivity contribution in [2.24, 2.45) is 5.92 Å². The number of nitrogens with zero attached hydrogens (tertiary/aromatic N) is 3. The fraction of sp³-hybridized carbons (Fsp3) is 0.391. The van der Waals surface area contributed by atoms with Crippen molar-refractivity contribution in [2.45, 2.75) is 31.8 Å². The van der Waals surface area contributed by atoms with Gasteiger partial charge in [-0.15, -0.1) is 0 Å². The van der Waals surface area contributed by atoms with Gasteiger partial charge in [-0.05, 0) is 43.7 Å². The Morgan fingerprint density at radius 1 is 1.30 bits per heavy atom. The molecule has 2 aliphatic rings. The molecule has 4 rings (SSSR count). The van der Waals surface area contributed by atoms with E-state index in [2.05, 4.69) is 15.6 Å². The van der Waals surface area contributed by atoms with Crippen LogP contribution in [0, 0.1) is 11.7 Å². The monoisotopic (exact) mass is 473 g/mol. The number of hydrogen-bond acceptors (Lipinski definition) is 5. The number of carbonyl (C=O) groups excluding carboxylic acids is 3. The molecule has 4 amide bonds. The van der Waals surface area contributed by atoms with Gasteiger partial charge in [0.15, 0.2) is 5.54 Å². The number of urea groups is 1. The number of rotatable bonds is 5. The SMILES string of the molecule is CC(CC1(c2ccccn2)NC(=O)NC1=O)C(=O)N1CCN(c2cc(F)cc(Cl)c2)[C@@H](C)C1. The lowest BCUT2D eigenvalue weighted by Gasteiger charge is -2.42. The summed E-state index contributed by atoms with van der Waals surface area (Å²) in [5.41, 5.74) is -0.347. The average Bonchev–Trinajstić information content (AvgIpc) is 3.06. The minimum atomic E-state index is -1.40. The summed E-state index contributed by atoms with van der Waals surface area (Å²) in [4.78, 5) is 46.0. The van der Waals surface area contributed by atoms with Crippen LogP contribution < -0.4 is 15.5 Å². The predicted molar refractivity (Wildman–Crippen MR) is 121 cm³/mol. The Morgan fingerprint density at radius 3 is 2.70 bits per heavy atom. The Bertz CT molecular complexity index is 1060. The molecule has 1 aromatic heterocycles. The Morgan fingerprint density at radius 2 is 2.09 bits per heavy atom. The van der Waals surface area contributed by atoms with Crippen molar-refractivity contribution in [3.8, 4) is 0 Å². The van der Waals surface area contributed by atoms with E-state index in [9.17, 15) is 18.8 Å². The number of anilines is 1. The first-order valence-electron chi connectivity index (χ1n) is 10.8. The van der Waals surface area contributed by atoms with E-state index in [1.165, 1.54) is 12.1 Å². The van der Waals surface area contributed by atoms with E-state index in [0.717, 1.165) is 0 Å². The van der Waals surface area contributed by atoms with E-state index in [1.807, 2.05) is 11.8 Å². The molecule has 0 spiro atoms. The van der Waals surface area contributed by atoms with Crippen LogP contribution in [-0.4, -0.2) is 53.4 Å². The van der Waals surface area contributed by atoms with Crippen molar-refractivity contribution >= 4 is 35.1 Å². The predicted octanol–water partition coefficient (Wildman–Crippen LogP) is 2.67. The van der Waals surface area contributed by atoms with Crippen molar-refractivity contribution in [3.63, 3.8) is 0 Å². The van der Waals surface area contributed by atoms with E-state index in [4.69, 9.17) is 11.6 Å². The van der Waals surface area contributed by atoms with Crippen LogP contribution in [0.3, 0.4) is 0 Å². The van der Waals surface area contributed by atoms with Gasteiger partial charge in [0.05, 0.1) is 5.69 Å². The average molecular weight is 474 g/mol. The van der Waals surface area contributed by atoms with Gasteiger partial charge in [-0.2, -0.15) is 0 Å². The highest BCUT2D eigenvalue weighted by atomic mass is 35.5. The zero-order chi connectivity index (χ0) is 23.8. The highest BCUT2D eigenvalue weighted by Gasteiger charge is 2.50. The number of carbonyl (C=O) groups is 3. The van der Waals surface area contributed by atoms with Crippen LogP contribution in [0.25, 0.3) is 0 Å². The Kier molecular flexibility index (Phi) is 6.25. The summed E-state index contributed by atoms with van der Waals surface area (Å²) in [6.45, 7) is 5.10. The van der Waals surface area contributed by atoms with Gasteiger partial charge >= 0.3 is 6.03 Å². The minimum absolute atomic E-state index is 0.0630. The standard InChI is InChI=1S/C23H25ClFN5O3/c1-14(12-23(19-5-3-4-6-26-19)21(32)27-22(33)28-23)20(31)29-7-8-30(15(2)13-29)18-10-16(24)9-17(25)11-18/h3-6,9-11,14-15H,7-8,12-13H2,1-2H3,(H2,27,28,32,33)/t14?,15-,23?/m0/s1. The van der Waals surface area contributed by atoms with Crippen LogP contribution in [0.15, 0.2) is 42.6 Å². The van der Waals surface area contributed by atoms with Gasteiger partial charge in [0.1, 0.15) is 5.82 Å². The van der Waals surface area contributed by atoms with Gasteiger partial charge in [-0.3, -0.25) is 19.9 Å². The van der Waals surface area contributed by atoms with E-state index >= 15 is 0 Å². The first-order valence-corrected chi connectivity index (χ1v) is 11.1. The molecule has 0 aliphatic carbocycles. The van der Waals surface area contributed by atoms with Crippen LogP contribution in [0.4, 0.5) is 14.9 Å². The number of amides is 4. The quantitative estimate of drug-likeness (QED) is 0.651. The number of piperazine rings is 1. The third kappa shape index (κ3) is 4.50. The van der Waals surface area contributed by atoms with Crippen LogP contribution in [0.5, 0.6) is 0 Å². The molecule has 174 valence electrons. The van der Waals surface area contributed by atoms with E-state index < -0.39 is 29.2 Å². The lowest BCUT2D eigenvalue weighted by atomic mass is 9.84. The lowest BCUT2D eigenvalue weighted by molar-refractivity contribution is -0.137. The molecule has 0 bridgehead atoms. The maximum Gasteiger partial charge on any atom is 0.322 e. The van der Waals surface area contributed by atoms with Gasteiger partial charge in [0.2, 0.25) is 5.91 Å². The lowest BCUT2D eigenvalue weighted by Crippen LogP contribution is -2.55. The zero-order valence-electron chi connectivity index (χ0n) is 18.3. The third-order valence-electron chi connectivity index (χ3n) is 6.20. The summed E-state index contributed by atoms with van der Waals surface area (Å²) in [6.07, 6.45) is 1.62. The second-order valence-electron chi connectivity index (χ2n) is 8.59. The molecule has 2 aliphatic heterocycles. The maximum absolute atomic E-state index is 13.8. The first kappa shape index (κ1) is 23.0. The summed E-state index contributed by atoms with van der Waals surface area (Å²) < 4.78 is 13.8. The molecule has 8 nitrogen and oxygen atoms in total. The fourth-order valence-corrected chi connectivity index (χ4v) is 4.86. The van der Waals surface area contributed by atoms with Crippen molar-refractivity contribution in [2.75, 3.05) is 24.5 Å². The topological polar surface area (TPSA) is 94.6 Å². The zero-order valence-corrected chi connectivity index (χ0v) is 19.1. The molecule has 2 N–H and O–H groups in total. The molecule has 33 heavy (non-hydrogen) atoms. The number of halogens is 2. The van der Waals surface area contributed by atoms with Crippen molar-refractivity contribution in [3.05, 3.63) is 59.1 Å². The molecule has 3 atom stereocenters. The molecule has 2 saturated heterocycles. The number of pyridine rings is 1. The number of nitrogens with one attached hydrogen (secondary N) is 2. The van der Waals surface area contributed by atoms with Crippen LogP contribution in [0.1, 0.15) is 26.0 Å². The summed E-state index contributed by atoms with van der Waals surface area (Å²) in [5, 5.41) is 5.27. The molecule has 3 heterocycles. The number of hydrogen-bond donors (Lipinski definition) is 2. The van der Waals surface area contributed by atoms with Crippen molar-refractivity contribution < 1.29 is 18.8 Å². The number of aromatic nitrogens is 1. The van der Waals surface area contributed by atoms with Gasteiger partial charge in [0, 0.05) is 48.5 Å². The van der Waals surface area contributed by atoms with Gasteiger partial charge in [-0.1, -0.05) is 24.6 Å². The maximum atomic E-state index is 13.8. The second kappa shape index (κ2) is 8.97. The van der Waals surface area contributed by atoms with Crippen LogP contribution in [-0.2, 0) is 15.1 Å². The van der Waals surface area contributed by atoms with E-state index in [1.54, 1.807) is 42.3 Å². The van der Waals surface area contributed by atoms with E-state index in [0.29, 0.717) is 36.0 Å². The minimum Gasteiger partial charge on any atom is -0.365 e. The van der Waals surface area contributed by atoms with Crippen molar-refractivity contribution in [1.82, 2.24) is 20.5 Å². The van der Waals surface area contributed by atoms with Gasteiger partial charge in [0.25, 0.3) is 5.91 Å². The van der Waals surface area contributed by atoms with Gasteiger partial charge < -0.3 is 15.1 Å². The van der Waals surface area contributed by atoms with E-state index in [-0.39, 0.29) is 18.4 Å². The highest BCUT2D eigenvalue weighted by Crippen LogP contribution is 2.32. The summed E-state index contributed by atoms with van der Waals surface area (Å²) >= 11 is 6.01. The van der Waals surface area contributed by atoms with Crippen LogP contribution >= 0.6 is 11.6 Å². The molecule has 1 aromatic carbocycles. The fourth-order valence-electron chi connectivity index (χ4n) is 4.64. The molecule has 2 aromatic rings. The summed E-state index contributed by atoms with van der Waals surface area (Å²) in [7, 11) is 0. The largest absolute Gasteiger partial charge is 0.365 e. The summed E-state index contributed by atoms with van der Waals surface area (Å²) in [6, 6.07) is 8.83. The van der Waals surface area contributed by atoms with Crippen molar-refractivity contribution in [1.29, 1.82) is 0 Å². The molecule has 0 saturated carbocycles. The molecule has 10 heteroatoms. The number of benzene rings is 1. The first-order chi connectivity index (χ1) is 15.7. The summed E-state index contributed by atoms with van der Waals surface area (Å²) in [5.74, 6) is -1.61. The molecule has 2 fully saturated rings. The molecular formula is C23H25ClFN5O3. The van der Waals surface area contributed by atoms with Crippen LogP contribution in [0.2, 0.25) is 5.02 Å². The second-order valence-corrected chi connectivity index (χ2v) is 9.02. The smallest absolute Gasteiger partial charge is 0.322 e. The number of imide groups is 1. The molecular weight excluding hydrogens is 449 g/mol. The normalized spacial score (nSPS) is 23.8.